The fraction of sp³-hybridized carbons (Fsp3) is 0.391. The van der Waals surface area contributed by atoms with E-state index in [-0.39, 0.29) is 12.3 Å². The van der Waals surface area contributed by atoms with Crippen LogP contribution in [0.1, 0.15) is 37.8 Å². The first kappa shape index (κ1) is 24.2. The van der Waals surface area contributed by atoms with Crippen LogP contribution < -0.4 is 9.75 Å². The highest BCUT2D eigenvalue weighted by molar-refractivity contribution is 5.83. The van der Waals surface area contributed by atoms with Crippen molar-refractivity contribution in [1.29, 1.82) is 0 Å². The van der Waals surface area contributed by atoms with Crippen molar-refractivity contribution >= 4 is 17.4 Å². The smallest absolute Gasteiger partial charge is 0.416 e. The van der Waals surface area contributed by atoms with Crippen LogP contribution in [0.3, 0.4) is 0 Å². The molecule has 168 valence electrons. The summed E-state index contributed by atoms with van der Waals surface area (Å²) in [5.41, 5.74) is 1.37. The Morgan fingerprint density at radius 1 is 1.19 bits per heavy atom. The van der Waals surface area contributed by atoms with E-state index in [0.29, 0.717) is 30.0 Å². The summed E-state index contributed by atoms with van der Waals surface area (Å²) in [4.78, 5) is 10.9. The highest BCUT2D eigenvalue weighted by Gasteiger charge is 2.30. The third-order valence-electron chi connectivity index (χ3n) is 4.79. The second-order valence-corrected chi connectivity index (χ2v) is 7.41. The Labute approximate surface area is 180 Å². The normalized spacial score (nSPS) is 13.0. The van der Waals surface area contributed by atoms with Gasteiger partial charge in [0.15, 0.2) is 0 Å². The summed E-state index contributed by atoms with van der Waals surface area (Å²) < 4.78 is 44.0. The third-order valence-corrected chi connectivity index (χ3v) is 4.79. The Bertz CT molecular complexity index is 896. The number of carboxylic acids is 1. The summed E-state index contributed by atoms with van der Waals surface area (Å²) in [6, 6.07) is 11.9. The number of ether oxygens (including phenoxy) is 1. The number of benzene rings is 2. The molecule has 0 saturated carbocycles. The molecule has 8 heteroatoms. The molecule has 1 unspecified atom stereocenters. The van der Waals surface area contributed by atoms with Gasteiger partial charge in [-0.15, -0.1) is 0 Å². The number of carboxylic acid groups (broad SMARTS) is 1. The highest BCUT2D eigenvalue weighted by Crippen LogP contribution is 2.30. The first-order valence-corrected chi connectivity index (χ1v) is 9.97. The van der Waals surface area contributed by atoms with Crippen LogP contribution >= 0.6 is 0 Å². The molecular formula is C23H27F3N2O3. The van der Waals surface area contributed by atoms with Gasteiger partial charge in [-0.1, -0.05) is 19.1 Å². The lowest BCUT2D eigenvalue weighted by atomic mass is 10.0. The first-order chi connectivity index (χ1) is 14.6. The minimum Gasteiger partial charge on any atom is -0.493 e. The van der Waals surface area contributed by atoms with Crippen molar-refractivity contribution in [3.63, 3.8) is 0 Å². The molecule has 0 fully saturated rings. The van der Waals surface area contributed by atoms with Gasteiger partial charge in [0.05, 0.1) is 24.3 Å². The van der Waals surface area contributed by atoms with Crippen molar-refractivity contribution in [3.8, 4) is 5.75 Å². The van der Waals surface area contributed by atoms with Crippen LogP contribution in [0.25, 0.3) is 0 Å². The number of aliphatic carboxylic acids is 1. The van der Waals surface area contributed by atoms with Crippen molar-refractivity contribution in [2.75, 3.05) is 18.7 Å². The number of hydrogen-bond acceptors (Lipinski definition) is 4. The SMILES string of the molecule is CCC(COc1cccc(CC(=O)O)c1)C/C(C)=N\N(C)c1ccc(C(F)(F)F)cc1. The zero-order chi connectivity index (χ0) is 23.0. The lowest BCUT2D eigenvalue weighted by Gasteiger charge is -2.19. The molecule has 0 aromatic heterocycles. The average Bonchev–Trinajstić information content (AvgIpc) is 2.70. The lowest BCUT2D eigenvalue weighted by molar-refractivity contribution is -0.138. The first-order valence-electron chi connectivity index (χ1n) is 9.97. The van der Waals surface area contributed by atoms with E-state index >= 15 is 0 Å². The number of anilines is 1. The Morgan fingerprint density at radius 2 is 1.87 bits per heavy atom. The van der Waals surface area contributed by atoms with Crippen molar-refractivity contribution < 1.29 is 27.8 Å². The van der Waals surface area contributed by atoms with Gasteiger partial charge in [-0.25, -0.2) is 0 Å². The number of hydrazone groups is 1. The molecule has 2 rings (SSSR count). The van der Waals surface area contributed by atoms with Gasteiger partial charge < -0.3 is 9.84 Å². The number of nitrogens with zero attached hydrogens (tertiary/aromatic N) is 2. The van der Waals surface area contributed by atoms with Crippen LogP contribution in [0.2, 0.25) is 0 Å². The summed E-state index contributed by atoms with van der Waals surface area (Å²) in [6.45, 7) is 4.36. The molecule has 5 nitrogen and oxygen atoms in total. The van der Waals surface area contributed by atoms with Gasteiger partial charge in [0.25, 0.3) is 0 Å². The van der Waals surface area contributed by atoms with E-state index in [1.165, 1.54) is 12.1 Å². The van der Waals surface area contributed by atoms with Gasteiger partial charge in [0.1, 0.15) is 5.75 Å². The molecule has 0 aliphatic carbocycles. The maximum absolute atomic E-state index is 12.7. The van der Waals surface area contributed by atoms with Crippen LogP contribution in [0.5, 0.6) is 5.75 Å². The molecule has 0 bridgehead atoms. The quantitative estimate of drug-likeness (QED) is 0.387. The molecule has 0 spiro atoms. The summed E-state index contributed by atoms with van der Waals surface area (Å²) >= 11 is 0. The zero-order valence-electron chi connectivity index (χ0n) is 17.8. The molecule has 0 radical (unpaired) electrons. The maximum atomic E-state index is 12.7. The molecule has 1 atom stereocenters. The average molecular weight is 436 g/mol. The highest BCUT2D eigenvalue weighted by atomic mass is 19.4. The van der Waals surface area contributed by atoms with Gasteiger partial charge in [0.2, 0.25) is 0 Å². The summed E-state index contributed by atoms with van der Waals surface area (Å²) in [6.07, 6.45) is -2.91. The van der Waals surface area contributed by atoms with Crippen molar-refractivity contribution in [2.24, 2.45) is 11.0 Å². The van der Waals surface area contributed by atoms with E-state index in [1.807, 2.05) is 13.8 Å². The van der Waals surface area contributed by atoms with E-state index < -0.39 is 17.7 Å². The summed E-state index contributed by atoms with van der Waals surface area (Å²) in [5.74, 6) is -0.0888. The molecule has 1 N–H and O–H groups in total. The second-order valence-electron chi connectivity index (χ2n) is 7.41. The Kier molecular flexibility index (Phi) is 8.47. The molecular weight excluding hydrogens is 409 g/mol. The van der Waals surface area contributed by atoms with E-state index in [0.717, 1.165) is 24.3 Å². The topological polar surface area (TPSA) is 62.1 Å². The van der Waals surface area contributed by atoms with Gasteiger partial charge in [-0.05, 0) is 67.6 Å². The molecule has 0 aliphatic rings. The van der Waals surface area contributed by atoms with Crippen LogP contribution in [-0.2, 0) is 17.4 Å². The minimum absolute atomic E-state index is 0.0591. The van der Waals surface area contributed by atoms with E-state index in [1.54, 1.807) is 36.3 Å². The molecule has 2 aromatic rings. The van der Waals surface area contributed by atoms with Gasteiger partial charge >= 0.3 is 12.1 Å². The Morgan fingerprint density at radius 3 is 2.45 bits per heavy atom. The number of hydrogen-bond donors (Lipinski definition) is 1. The molecule has 0 saturated heterocycles. The van der Waals surface area contributed by atoms with Gasteiger partial charge in [0, 0.05) is 12.8 Å². The predicted octanol–water partition coefficient (Wildman–Crippen LogP) is 5.64. The number of carbonyl (C=O) groups is 1. The van der Waals surface area contributed by atoms with Crippen molar-refractivity contribution in [1.82, 2.24) is 0 Å². The molecule has 31 heavy (non-hydrogen) atoms. The number of halogens is 3. The number of alkyl halides is 3. The van der Waals surface area contributed by atoms with Crippen LogP contribution in [0.4, 0.5) is 18.9 Å². The number of rotatable bonds is 10. The standard InChI is InChI=1S/C23H27F3N2O3/c1-4-17(15-31-21-7-5-6-18(13-21)14-22(29)30)12-16(2)27-28(3)20-10-8-19(9-11-20)23(24,25)26/h5-11,13,17H,4,12,14-15H2,1-3H3,(H,29,30)/b27-16-. The predicted molar refractivity (Wildman–Crippen MR) is 115 cm³/mol. The third kappa shape index (κ3) is 7.96. The van der Waals surface area contributed by atoms with Crippen LogP contribution in [-0.4, -0.2) is 30.4 Å². The van der Waals surface area contributed by atoms with Gasteiger partial charge in [-0.3, -0.25) is 9.80 Å². The summed E-state index contributed by atoms with van der Waals surface area (Å²) in [7, 11) is 1.69. The fourth-order valence-electron chi connectivity index (χ4n) is 3.09. The molecule has 2 aromatic carbocycles. The molecule has 0 aliphatic heterocycles. The second kappa shape index (κ2) is 10.8. The lowest BCUT2D eigenvalue weighted by Crippen LogP contribution is -2.18. The van der Waals surface area contributed by atoms with Crippen molar-refractivity contribution in [2.45, 2.75) is 39.3 Å². The largest absolute Gasteiger partial charge is 0.493 e. The summed E-state index contributed by atoms with van der Waals surface area (Å²) in [5, 5.41) is 14.9. The maximum Gasteiger partial charge on any atom is 0.416 e. The zero-order valence-corrected chi connectivity index (χ0v) is 17.8. The van der Waals surface area contributed by atoms with Crippen LogP contribution in [0.15, 0.2) is 53.6 Å². The van der Waals surface area contributed by atoms with Gasteiger partial charge in [-0.2, -0.15) is 18.3 Å². The van der Waals surface area contributed by atoms with E-state index in [2.05, 4.69) is 5.10 Å². The minimum atomic E-state index is -4.36. The Hall–Kier alpha value is -3.03. The molecule has 0 amide bonds. The van der Waals surface area contributed by atoms with Crippen LogP contribution in [0, 0.1) is 5.92 Å². The monoisotopic (exact) mass is 436 g/mol. The van der Waals surface area contributed by atoms with E-state index in [4.69, 9.17) is 9.84 Å². The molecule has 0 heterocycles. The Balaban J connectivity index is 1.95. The van der Waals surface area contributed by atoms with E-state index in [9.17, 15) is 18.0 Å². The van der Waals surface area contributed by atoms with Crippen molar-refractivity contribution in [3.05, 3.63) is 59.7 Å². The fourth-order valence-corrected chi connectivity index (χ4v) is 3.09.